The fourth-order valence-electron chi connectivity index (χ4n) is 3.95. The molecule has 2 N–H and O–H groups in total. The van der Waals surface area contributed by atoms with Gasteiger partial charge in [0.05, 0.1) is 12.2 Å². The molecule has 156 valence electrons. The fraction of sp³-hybridized carbons (Fsp3) is 0.524. The van der Waals surface area contributed by atoms with Gasteiger partial charge in [-0.15, -0.1) is 0 Å². The topological polar surface area (TPSA) is 105 Å². The van der Waals surface area contributed by atoms with Crippen molar-refractivity contribution in [1.29, 1.82) is 0 Å². The Hall–Kier alpha value is -2.90. The molecule has 0 radical (unpaired) electrons. The van der Waals surface area contributed by atoms with Gasteiger partial charge in [0, 0.05) is 5.69 Å². The first-order valence-corrected chi connectivity index (χ1v) is 10.1. The number of nitrogens with one attached hydrogen (secondary N) is 2. The van der Waals surface area contributed by atoms with Crippen LogP contribution < -0.4 is 10.6 Å². The Morgan fingerprint density at radius 3 is 2.62 bits per heavy atom. The van der Waals surface area contributed by atoms with E-state index in [1.807, 2.05) is 13.8 Å². The van der Waals surface area contributed by atoms with Crippen molar-refractivity contribution in [2.75, 3.05) is 18.5 Å². The predicted molar refractivity (Wildman–Crippen MR) is 106 cm³/mol. The molecule has 4 amide bonds. The van der Waals surface area contributed by atoms with Gasteiger partial charge in [-0.2, -0.15) is 0 Å². The molecule has 8 heteroatoms. The van der Waals surface area contributed by atoms with Gasteiger partial charge >= 0.3 is 12.0 Å². The predicted octanol–water partition coefficient (Wildman–Crippen LogP) is 2.69. The number of amides is 4. The number of carbonyl (C=O) groups excluding carboxylic acids is 4. The summed E-state index contributed by atoms with van der Waals surface area (Å²) in [5, 5.41) is 5.49. The summed E-state index contributed by atoms with van der Waals surface area (Å²) >= 11 is 0. The fourth-order valence-corrected chi connectivity index (χ4v) is 3.95. The Bertz CT molecular complexity index is 807. The number of benzene rings is 1. The van der Waals surface area contributed by atoms with Crippen LogP contribution in [0.25, 0.3) is 0 Å². The van der Waals surface area contributed by atoms with Crippen LogP contribution in [0.15, 0.2) is 24.3 Å². The number of urea groups is 1. The first-order chi connectivity index (χ1) is 13.9. The van der Waals surface area contributed by atoms with E-state index in [9.17, 15) is 19.2 Å². The van der Waals surface area contributed by atoms with Crippen molar-refractivity contribution < 1.29 is 23.9 Å². The van der Waals surface area contributed by atoms with Crippen molar-refractivity contribution in [2.24, 2.45) is 5.92 Å². The molecule has 0 bridgehead atoms. The Morgan fingerprint density at radius 1 is 1.24 bits per heavy atom. The lowest BCUT2D eigenvalue weighted by atomic mass is 9.73. The van der Waals surface area contributed by atoms with Crippen LogP contribution in [0, 0.1) is 5.92 Å². The summed E-state index contributed by atoms with van der Waals surface area (Å²) in [6, 6.07) is 5.75. The maximum Gasteiger partial charge on any atom is 0.338 e. The highest BCUT2D eigenvalue weighted by atomic mass is 16.5. The Labute approximate surface area is 170 Å². The van der Waals surface area contributed by atoms with Crippen LogP contribution >= 0.6 is 0 Å². The molecular formula is C21H27N3O5. The van der Waals surface area contributed by atoms with Crippen molar-refractivity contribution in [3.63, 3.8) is 0 Å². The molecule has 1 saturated heterocycles. The molecule has 2 unspecified atom stereocenters. The minimum Gasteiger partial charge on any atom is -0.462 e. The van der Waals surface area contributed by atoms with Gasteiger partial charge in [-0.05, 0) is 49.4 Å². The number of esters is 1. The third-order valence-electron chi connectivity index (χ3n) is 5.64. The molecule has 1 aliphatic heterocycles. The van der Waals surface area contributed by atoms with Gasteiger partial charge in [-0.25, -0.2) is 9.59 Å². The van der Waals surface area contributed by atoms with Crippen LogP contribution in [0.2, 0.25) is 0 Å². The van der Waals surface area contributed by atoms with Gasteiger partial charge in [0.15, 0.2) is 0 Å². The van der Waals surface area contributed by atoms with Crippen molar-refractivity contribution in [3.05, 3.63) is 29.8 Å². The third-order valence-corrected chi connectivity index (χ3v) is 5.64. The first kappa shape index (κ1) is 20.8. The second-order valence-corrected chi connectivity index (χ2v) is 7.70. The SMILES string of the molecule is CCCOC(=O)c1ccc(NC(=O)CN2C(=O)NC3(CCCCC3C)C2=O)cc1. The zero-order valence-electron chi connectivity index (χ0n) is 16.8. The maximum absolute atomic E-state index is 12.9. The molecule has 1 aromatic rings. The highest BCUT2D eigenvalue weighted by Gasteiger charge is 2.55. The highest BCUT2D eigenvalue weighted by Crippen LogP contribution is 2.38. The molecule has 8 nitrogen and oxygen atoms in total. The Kier molecular flexibility index (Phi) is 6.20. The van der Waals surface area contributed by atoms with Crippen LogP contribution in [0.5, 0.6) is 0 Å². The van der Waals surface area contributed by atoms with Crippen molar-refractivity contribution in [1.82, 2.24) is 10.2 Å². The summed E-state index contributed by atoms with van der Waals surface area (Å²) in [5.41, 5.74) is -0.0237. The van der Waals surface area contributed by atoms with Gasteiger partial charge < -0.3 is 15.4 Å². The van der Waals surface area contributed by atoms with Gasteiger partial charge in [0.2, 0.25) is 5.91 Å². The van der Waals surface area contributed by atoms with Crippen LogP contribution in [0.3, 0.4) is 0 Å². The lowest BCUT2D eigenvalue weighted by Gasteiger charge is -2.36. The molecule has 29 heavy (non-hydrogen) atoms. The summed E-state index contributed by atoms with van der Waals surface area (Å²) in [7, 11) is 0. The average Bonchev–Trinajstić information content (AvgIpc) is 2.94. The summed E-state index contributed by atoms with van der Waals surface area (Å²) in [6.45, 7) is 3.88. The summed E-state index contributed by atoms with van der Waals surface area (Å²) in [4.78, 5) is 50.5. The van der Waals surface area contributed by atoms with Gasteiger partial charge in [0.25, 0.3) is 5.91 Å². The van der Waals surface area contributed by atoms with Crippen LogP contribution in [0.4, 0.5) is 10.5 Å². The maximum atomic E-state index is 12.9. The van der Waals surface area contributed by atoms with Gasteiger partial charge in [0.1, 0.15) is 12.1 Å². The standard InChI is InChI=1S/C21H27N3O5/c1-3-12-29-18(26)15-7-9-16(10-8-15)22-17(25)13-24-19(27)21(23-20(24)28)11-5-4-6-14(21)2/h7-10,14H,3-6,11-13H2,1-2H3,(H,22,25)(H,23,28). The number of ether oxygens (including phenoxy) is 1. The minimum absolute atomic E-state index is 0.0424. The van der Waals surface area contributed by atoms with Crippen LogP contribution in [-0.4, -0.2) is 47.4 Å². The summed E-state index contributed by atoms with van der Waals surface area (Å²) in [6.07, 6.45) is 4.13. The quantitative estimate of drug-likeness (QED) is 0.563. The number of imide groups is 1. The molecule has 0 aromatic heterocycles. The number of carbonyl (C=O) groups is 4. The molecule has 3 rings (SSSR count). The zero-order valence-corrected chi connectivity index (χ0v) is 16.8. The molecule has 1 spiro atoms. The van der Waals surface area contributed by atoms with Crippen LogP contribution in [0.1, 0.15) is 56.3 Å². The van der Waals surface area contributed by atoms with E-state index in [1.54, 1.807) is 24.3 Å². The van der Waals surface area contributed by atoms with E-state index < -0.39 is 23.4 Å². The largest absolute Gasteiger partial charge is 0.462 e. The number of rotatable bonds is 6. The first-order valence-electron chi connectivity index (χ1n) is 10.1. The van der Waals surface area contributed by atoms with E-state index in [4.69, 9.17) is 4.74 Å². The molecule has 1 heterocycles. The Morgan fingerprint density at radius 2 is 1.97 bits per heavy atom. The van der Waals surface area contributed by atoms with Gasteiger partial charge in [-0.1, -0.05) is 26.7 Å². The zero-order chi connectivity index (χ0) is 21.0. The lowest BCUT2D eigenvalue weighted by Crippen LogP contribution is -2.54. The molecule has 1 saturated carbocycles. The van der Waals surface area contributed by atoms with E-state index in [0.717, 1.165) is 30.6 Å². The highest BCUT2D eigenvalue weighted by molar-refractivity contribution is 6.10. The van der Waals surface area contributed by atoms with E-state index in [1.165, 1.54) is 0 Å². The molecule has 2 fully saturated rings. The lowest BCUT2D eigenvalue weighted by molar-refractivity contribution is -0.136. The van der Waals surface area contributed by atoms with E-state index in [0.29, 0.717) is 24.3 Å². The molecule has 1 aromatic carbocycles. The van der Waals surface area contributed by atoms with Crippen molar-refractivity contribution in [2.45, 2.75) is 51.5 Å². The second-order valence-electron chi connectivity index (χ2n) is 7.70. The number of hydrogen-bond donors (Lipinski definition) is 2. The van der Waals surface area contributed by atoms with Crippen LogP contribution in [-0.2, 0) is 14.3 Å². The number of hydrogen-bond acceptors (Lipinski definition) is 5. The van der Waals surface area contributed by atoms with Crippen molar-refractivity contribution >= 4 is 29.5 Å². The monoisotopic (exact) mass is 401 g/mol. The van der Waals surface area contributed by atoms with E-state index >= 15 is 0 Å². The normalized spacial score (nSPS) is 23.8. The smallest absolute Gasteiger partial charge is 0.338 e. The second kappa shape index (κ2) is 8.63. The third kappa shape index (κ3) is 4.26. The number of nitrogens with zero attached hydrogens (tertiary/aromatic N) is 1. The van der Waals surface area contributed by atoms with E-state index in [2.05, 4.69) is 10.6 Å². The molecule has 1 aliphatic carbocycles. The molecule has 2 atom stereocenters. The number of anilines is 1. The van der Waals surface area contributed by atoms with Crippen molar-refractivity contribution in [3.8, 4) is 0 Å². The Balaban J connectivity index is 1.60. The average molecular weight is 401 g/mol. The van der Waals surface area contributed by atoms with Gasteiger partial charge in [-0.3, -0.25) is 14.5 Å². The van der Waals surface area contributed by atoms with E-state index in [-0.39, 0.29) is 18.4 Å². The molecular weight excluding hydrogens is 374 g/mol. The minimum atomic E-state index is -0.879. The summed E-state index contributed by atoms with van der Waals surface area (Å²) < 4.78 is 5.06. The summed E-state index contributed by atoms with van der Waals surface area (Å²) in [5.74, 6) is -1.18. The molecule has 2 aliphatic rings.